The number of carbonyl (C=O) groups excluding carboxylic acids is 1. The van der Waals surface area contributed by atoms with Gasteiger partial charge in [-0.2, -0.15) is 0 Å². The van der Waals surface area contributed by atoms with Crippen LogP contribution in [-0.4, -0.2) is 19.1 Å². The summed E-state index contributed by atoms with van der Waals surface area (Å²) in [5.74, 6) is 1.76. The summed E-state index contributed by atoms with van der Waals surface area (Å²) >= 11 is 0. The summed E-state index contributed by atoms with van der Waals surface area (Å²) in [5, 5.41) is 2.99. The largest absolute Gasteiger partial charge is 0.484 e. The fourth-order valence-corrected chi connectivity index (χ4v) is 2.36. The van der Waals surface area contributed by atoms with Crippen molar-refractivity contribution in [3.05, 3.63) is 29.8 Å². The summed E-state index contributed by atoms with van der Waals surface area (Å²) in [6.45, 7) is 9.52. The van der Waals surface area contributed by atoms with E-state index >= 15 is 0 Å². The lowest BCUT2D eigenvalue weighted by Gasteiger charge is -2.15. The van der Waals surface area contributed by atoms with E-state index in [4.69, 9.17) is 4.74 Å². The first-order valence-electron chi connectivity index (χ1n) is 8.56. The SMILES string of the molecule is CCCCC(CC)CNC(=O)COc1cccc(C(C)C)c1. The molecule has 3 heteroatoms. The van der Waals surface area contributed by atoms with E-state index in [0.717, 1.165) is 18.7 Å². The van der Waals surface area contributed by atoms with E-state index in [1.165, 1.54) is 24.8 Å². The normalized spacial score (nSPS) is 12.2. The van der Waals surface area contributed by atoms with E-state index < -0.39 is 0 Å². The Morgan fingerprint density at radius 1 is 1.27 bits per heavy atom. The van der Waals surface area contributed by atoms with Crippen LogP contribution in [0.5, 0.6) is 5.75 Å². The third-order valence-electron chi connectivity index (χ3n) is 4.03. The molecule has 0 fully saturated rings. The molecule has 3 nitrogen and oxygen atoms in total. The van der Waals surface area contributed by atoms with Crippen molar-refractivity contribution in [3.63, 3.8) is 0 Å². The predicted octanol–water partition coefficient (Wildman–Crippen LogP) is 4.52. The number of rotatable bonds is 10. The molecule has 0 aliphatic rings. The Kier molecular flexibility index (Phi) is 8.64. The van der Waals surface area contributed by atoms with Gasteiger partial charge in [0.2, 0.25) is 0 Å². The van der Waals surface area contributed by atoms with Crippen LogP contribution in [-0.2, 0) is 4.79 Å². The fraction of sp³-hybridized carbons (Fsp3) is 0.632. The molecule has 1 N–H and O–H groups in total. The Morgan fingerprint density at radius 2 is 2.05 bits per heavy atom. The summed E-state index contributed by atoms with van der Waals surface area (Å²) in [6.07, 6.45) is 4.73. The van der Waals surface area contributed by atoms with E-state index in [1.807, 2.05) is 18.2 Å². The molecule has 22 heavy (non-hydrogen) atoms. The maximum absolute atomic E-state index is 11.9. The number of hydrogen-bond acceptors (Lipinski definition) is 2. The minimum Gasteiger partial charge on any atom is -0.484 e. The molecule has 0 heterocycles. The second-order valence-electron chi connectivity index (χ2n) is 6.24. The number of amides is 1. The van der Waals surface area contributed by atoms with Crippen molar-refractivity contribution in [1.82, 2.24) is 5.32 Å². The average Bonchev–Trinajstić information content (AvgIpc) is 2.53. The van der Waals surface area contributed by atoms with Gasteiger partial charge in [-0.1, -0.05) is 59.1 Å². The Hall–Kier alpha value is -1.51. The third-order valence-corrected chi connectivity index (χ3v) is 4.03. The topological polar surface area (TPSA) is 38.3 Å². The molecule has 1 aromatic rings. The number of hydrogen-bond donors (Lipinski definition) is 1. The smallest absolute Gasteiger partial charge is 0.257 e. The van der Waals surface area contributed by atoms with Crippen molar-refractivity contribution in [2.24, 2.45) is 5.92 Å². The molecule has 1 amide bonds. The van der Waals surface area contributed by atoms with Crippen LogP contribution in [0.15, 0.2) is 24.3 Å². The zero-order valence-electron chi connectivity index (χ0n) is 14.5. The summed E-state index contributed by atoms with van der Waals surface area (Å²) in [4.78, 5) is 11.9. The van der Waals surface area contributed by atoms with Crippen LogP contribution in [0.3, 0.4) is 0 Å². The lowest BCUT2D eigenvalue weighted by molar-refractivity contribution is -0.123. The lowest BCUT2D eigenvalue weighted by atomic mass is 9.99. The highest BCUT2D eigenvalue weighted by atomic mass is 16.5. The minimum atomic E-state index is -0.0371. The second-order valence-corrected chi connectivity index (χ2v) is 6.24. The van der Waals surface area contributed by atoms with Gasteiger partial charge >= 0.3 is 0 Å². The minimum absolute atomic E-state index is 0.0371. The van der Waals surface area contributed by atoms with E-state index in [0.29, 0.717) is 11.8 Å². The molecule has 0 saturated carbocycles. The molecule has 1 aromatic carbocycles. The predicted molar refractivity (Wildman–Crippen MR) is 92.3 cm³/mol. The molecule has 0 aliphatic carbocycles. The number of unbranched alkanes of at least 4 members (excludes halogenated alkanes) is 1. The van der Waals surface area contributed by atoms with Crippen molar-refractivity contribution in [2.45, 2.75) is 59.3 Å². The molecule has 0 spiro atoms. The maximum Gasteiger partial charge on any atom is 0.257 e. The van der Waals surface area contributed by atoms with Crippen LogP contribution < -0.4 is 10.1 Å². The van der Waals surface area contributed by atoms with Crippen molar-refractivity contribution < 1.29 is 9.53 Å². The highest BCUT2D eigenvalue weighted by Gasteiger charge is 2.09. The van der Waals surface area contributed by atoms with Crippen LogP contribution >= 0.6 is 0 Å². The van der Waals surface area contributed by atoms with Gasteiger partial charge in [-0.15, -0.1) is 0 Å². The van der Waals surface area contributed by atoms with Gasteiger partial charge in [0.05, 0.1) is 0 Å². The number of carbonyl (C=O) groups is 1. The Morgan fingerprint density at radius 3 is 2.68 bits per heavy atom. The molecular formula is C19H31NO2. The Balaban J connectivity index is 2.35. The van der Waals surface area contributed by atoms with Gasteiger partial charge in [-0.3, -0.25) is 4.79 Å². The van der Waals surface area contributed by atoms with E-state index in [9.17, 15) is 4.79 Å². The molecular weight excluding hydrogens is 274 g/mol. The standard InChI is InChI=1S/C19H31NO2/c1-5-7-9-16(6-2)13-20-19(21)14-22-18-11-8-10-17(12-18)15(3)4/h8,10-12,15-16H,5-7,9,13-14H2,1-4H3,(H,20,21). The lowest BCUT2D eigenvalue weighted by Crippen LogP contribution is -2.33. The van der Waals surface area contributed by atoms with Gasteiger partial charge in [-0.05, 0) is 36.0 Å². The second kappa shape index (κ2) is 10.3. The van der Waals surface area contributed by atoms with Gasteiger partial charge < -0.3 is 10.1 Å². The molecule has 1 unspecified atom stereocenters. The highest BCUT2D eigenvalue weighted by Crippen LogP contribution is 2.20. The van der Waals surface area contributed by atoms with Crippen LogP contribution in [0, 0.1) is 5.92 Å². The van der Waals surface area contributed by atoms with Crippen molar-refractivity contribution in [1.29, 1.82) is 0 Å². The fourth-order valence-electron chi connectivity index (χ4n) is 2.36. The van der Waals surface area contributed by atoms with E-state index in [2.05, 4.69) is 39.1 Å². The first-order valence-corrected chi connectivity index (χ1v) is 8.56. The summed E-state index contributed by atoms with van der Waals surface area (Å²) in [5.41, 5.74) is 1.23. The molecule has 1 atom stereocenters. The van der Waals surface area contributed by atoms with Crippen LogP contribution in [0.25, 0.3) is 0 Å². The number of ether oxygens (including phenoxy) is 1. The van der Waals surface area contributed by atoms with Gasteiger partial charge in [0.1, 0.15) is 5.75 Å². The zero-order chi connectivity index (χ0) is 16.4. The zero-order valence-corrected chi connectivity index (χ0v) is 14.5. The highest BCUT2D eigenvalue weighted by molar-refractivity contribution is 5.77. The molecule has 1 rings (SSSR count). The summed E-state index contributed by atoms with van der Waals surface area (Å²) < 4.78 is 5.59. The van der Waals surface area contributed by atoms with Crippen molar-refractivity contribution >= 4 is 5.91 Å². The molecule has 0 aromatic heterocycles. The number of benzene rings is 1. The first-order chi connectivity index (χ1) is 10.6. The van der Waals surface area contributed by atoms with Crippen LogP contribution in [0.2, 0.25) is 0 Å². The molecule has 0 aliphatic heterocycles. The van der Waals surface area contributed by atoms with E-state index in [-0.39, 0.29) is 12.5 Å². The van der Waals surface area contributed by atoms with E-state index in [1.54, 1.807) is 0 Å². The van der Waals surface area contributed by atoms with Gasteiger partial charge in [-0.25, -0.2) is 0 Å². The number of nitrogens with one attached hydrogen (secondary N) is 1. The third kappa shape index (κ3) is 6.97. The first kappa shape index (κ1) is 18.5. The molecule has 0 bridgehead atoms. The maximum atomic E-state index is 11.9. The Labute approximate surface area is 135 Å². The van der Waals surface area contributed by atoms with Gasteiger partial charge in [0.25, 0.3) is 5.91 Å². The van der Waals surface area contributed by atoms with Crippen LogP contribution in [0.1, 0.15) is 64.9 Å². The monoisotopic (exact) mass is 305 g/mol. The Bertz CT molecular complexity index is 443. The van der Waals surface area contributed by atoms with Crippen molar-refractivity contribution in [3.8, 4) is 5.75 Å². The molecule has 124 valence electrons. The molecule has 0 radical (unpaired) electrons. The quantitative estimate of drug-likeness (QED) is 0.690. The summed E-state index contributed by atoms with van der Waals surface area (Å²) in [7, 11) is 0. The van der Waals surface area contributed by atoms with Crippen LogP contribution in [0.4, 0.5) is 0 Å². The van der Waals surface area contributed by atoms with Gasteiger partial charge in [0, 0.05) is 6.54 Å². The average molecular weight is 305 g/mol. The van der Waals surface area contributed by atoms with Crippen molar-refractivity contribution in [2.75, 3.05) is 13.2 Å². The summed E-state index contributed by atoms with van der Waals surface area (Å²) in [6, 6.07) is 7.96. The molecule has 0 saturated heterocycles. The van der Waals surface area contributed by atoms with Gasteiger partial charge in [0.15, 0.2) is 6.61 Å².